The van der Waals surface area contributed by atoms with Gasteiger partial charge in [-0.2, -0.15) is 0 Å². The molecule has 0 radical (unpaired) electrons. The van der Waals surface area contributed by atoms with Crippen LogP contribution in [0.3, 0.4) is 0 Å². The van der Waals surface area contributed by atoms with Crippen molar-refractivity contribution in [3.8, 4) is 0 Å². The highest BCUT2D eigenvalue weighted by molar-refractivity contribution is 5.70. The summed E-state index contributed by atoms with van der Waals surface area (Å²) in [7, 11) is 0. The molecule has 4 heteroatoms. The minimum absolute atomic E-state index is 0.219. The van der Waals surface area contributed by atoms with Gasteiger partial charge in [0.25, 0.3) is 0 Å². The smallest absolute Gasteiger partial charge is 0.306 e. The highest BCUT2D eigenvalue weighted by Crippen LogP contribution is 2.22. The molecule has 0 aromatic carbocycles. The molecule has 0 bridgehead atoms. The number of carboxylic acid groups (broad SMARTS) is 1. The molecule has 82 valence electrons. The Bertz CT molecular complexity index is 371. The fraction of sp³-hybridized carbons (Fsp3) is 0.636. The molecule has 1 aromatic heterocycles. The lowest BCUT2D eigenvalue weighted by Crippen LogP contribution is -2.26. The van der Waals surface area contributed by atoms with E-state index < -0.39 is 5.97 Å². The first-order valence-electron chi connectivity index (χ1n) is 5.48. The Labute approximate surface area is 88.9 Å². The molecule has 0 saturated heterocycles. The molecule has 1 N–H and O–H groups in total. The first-order valence-corrected chi connectivity index (χ1v) is 5.48. The standard InChI is InChI=1S/C11H16N2O2/c1-2-3-10-12-7-9-6-8(11(14)15)4-5-13(9)10/h7-8H,2-6H2,1H3,(H,14,15). The zero-order valence-corrected chi connectivity index (χ0v) is 8.94. The fourth-order valence-corrected chi connectivity index (χ4v) is 2.16. The van der Waals surface area contributed by atoms with Crippen LogP contribution in [0, 0.1) is 5.92 Å². The molecule has 0 spiro atoms. The van der Waals surface area contributed by atoms with Crippen molar-refractivity contribution in [1.29, 1.82) is 0 Å². The van der Waals surface area contributed by atoms with Gasteiger partial charge in [-0.25, -0.2) is 4.98 Å². The average Bonchev–Trinajstić information content (AvgIpc) is 2.61. The molecule has 1 aliphatic heterocycles. The van der Waals surface area contributed by atoms with Crippen LogP contribution in [-0.2, 0) is 24.2 Å². The van der Waals surface area contributed by atoms with Crippen LogP contribution in [0.1, 0.15) is 31.3 Å². The van der Waals surface area contributed by atoms with Gasteiger partial charge in [0.1, 0.15) is 5.82 Å². The van der Waals surface area contributed by atoms with Crippen molar-refractivity contribution in [2.75, 3.05) is 0 Å². The molecule has 0 aliphatic carbocycles. The van der Waals surface area contributed by atoms with Crippen LogP contribution in [-0.4, -0.2) is 20.6 Å². The van der Waals surface area contributed by atoms with Gasteiger partial charge in [0.15, 0.2) is 0 Å². The van der Waals surface area contributed by atoms with E-state index in [-0.39, 0.29) is 5.92 Å². The van der Waals surface area contributed by atoms with Gasteiger partial charge in [0, 0.05) is 31.3 Å². The Balaban J connectivity index is 2.18. The summed E-state index contributed by atoms with van der Waals surface area (Å²) >= 11 is 0. The number of imidazole rings is 1. The number of carbonyl (C=O) groups is 1. The molecule has 0 amide bonds. The van der Waals surface area contributed by atoms with E-state index in [9.17, 15) is 4.79 Å². The van der Waals surface area contributed by atoms with Gasteiger partial charge in [0.05, 0.1) is 5.92 Å². The molecule has 0 saturated carbocycles. The first kappa shape index (κ1) is 10.2. The molecule has 1 aliphatic rings. The normalized spacial score (nSPS) is 19.9. The predicted molar refractivity (Wildman–Crippen MR) is 55.7 cm³/mol. The summed E-state index contributed by atoms with van der Waals surface area (Å²) in [4.78, 5) is 15.2. The van der Waals surface area contributed by atoms with Crippen molar-refractivity contribution in [3.05, 3.63) is 17.7 Å². The van der Waals surface area contributed by atoms with Crippen molar-refractivity contribution in [1.82, 2.24) is 9.55 Å². The zero-order chi connectivity index (χ0) is 10.8. The molecule has 1 aromatic rings. The van der Waals surface area contributed by atoms with Gasteiger partial charge in [-0.05, 0) is 12.8 Å². The summed E-state index contributed by atoms with van der Waals surface area (Å²) in [6.45, 7) is 2.94. The Kier molecular flexibility index (Phi) is 2.75. The Morgan fingerprint density at radius 2 is 2.53 bits per heavy atom. The number of aliphatic carboxylic acids is 1. The number of carboxylic acids is 1. The summed E-state index contributed by atoms with van der Waals surface area (Å²) < 4.78 is 2.18. The summed E-state index contributed by atoms with van der Waals surface area (Å²) in [5, 5.41) is 8.94. The molecule has 0 fully saturated rings. The largest absolute Gasteiger partial charge is 0.481 e. The maximum atomic E-state index is 10.9. The van der Waals surface area contributed by atoms with Crippen LogP contribution in [0.2, 0.25) is 0 Å². The number of hydrogen-bond acceptors (Lipinski definition) is 2. The summed E-state index contributed by atoms with van der Waals surface area (Å²) in [5.74, 6) is 0.208. The molecular weight excluding hydrogens is 192 g/mol. The van der Waals surface area contributed by atoms with Crippen LogP contribution >= 0.6 is 0 Å². The van der Waals surface area contributed by atoms with Gasteiger partial charge in [-0.1, -0.05) is 6.92 Å². The van der Waals surface area contributed by atoms with Gasteiger partial charge < -0.3 is 9.67 Å². The van der Waals surface area contributed by atoms with E-state index >= 15 is 0 Å². The van der Waals surface area contributed by atoms with Crippen molar-refractivity contribution < 1.29 is 9.90 Å². The van der Waals surface area contributed by atoms with Gasteiger partial charge in [0.2, 0.25) is 0 Å². The molecule has 2 heterocycles. The van der Waals surface area contributed by atoms with E-state index in [1.54, 1.807) is 0 Å². The number of hydrogen-bond donors (Lipinski definition) is 1. The van der Waals surface area contributed by atoms with Crippen LogP contribution in [0.25, 0.3) is 0 Å². The van der Waals surface area contributed by atoms with Gasteiger partial charge in [-0.3, -0.25) is 4.79 Å². The maximum absolute atomic E-state index is 10.9. The second-order valence-electron chi connectivity index (χ2n) is 4.10. The third-order valence-corrected chi connectivity index (χ3v) is 3.00. The summed E-state index contributed by atoms with van der Waals surface area (Å²) in [5.41, 5.74) is 1.08. The molecule has 4 nitrogen and oxygen atoms in total. The first-order chi connectivity index (χ1) is 7.22. The second-order valence-corrected chi connectivity index (χ2v) is 4.10. The number of aryl methyl sites for hydroxylation is 1. The molecule has 15 heavy (non-hydrogen) atoms. The SMILES string of the molecule is CCCc1ncc2n1CCC(C(=O)O)C2. The monoisotopic (exact) mass is 208 g/mol. The van der Waals surface area contributed by atoms with Crippen LogP contribution in [0.5, 0.6) is 0 Å². The zero-order valence-electron chi connectivity index (χ0n) is 8.94. The maximum Gasteiger partial charge on any atom is 0.306 e. The van der Waals surface area contributed by atoms with Gasteiger partial charge >= 0.3 is 5.97 Å². The molecule has 2 rings (SSSR count). The van der Waals surface area contributed by atoms with E-state index in [4.69, 9.17) is 5.11 Å². The Morgan fingerprint density at radius 1 is 1.73 bits per heavy atom. The third-order valence-electron chi connectivity index (χ3n) is 3.00. The number of aromatic nitrogens is 2. The lowest BCUT2D eigenvalue weighted by Gasteiger charge is -2.21. The van der Waals surface area contributed by atoms with Crippen LogP contribution < -0.4 is 0 Å². The minimum atomic E-state index is -0.681. The predicted octanol–water partition coefficient (Wildman–Crippen LogP) is 1.48. The Morgan fingerprint density at radius 3 is 3.20 bits per heavy atom. The summed E-state index contributed by atoms with van der Waals surface area (Å²) in [6, 6.07) is 0. The molecule has 1 unspecified atom stereocenters. The van der Waals surface area contributed by atoms with Crippen LogP contribution in [0.15, 0.2) is 6.20 Å². The van der Waals surface area contributed by atoms with E-state index in [2.05, 4.69) is 16.5 Å². The highest BCUT2D eigenvalue weighted by atomic mass is 16.4. The van der Waals surface area contributed by atoms with E-state index in [1.165, 1.54) is 0 Å². The topological polar surface area (TPSA) is 55.1 Å². The highest BCUT2D eigenvalue weighted by Gasteiger charge is 2.25. The van der Waals surface area contributed by atoms with Crippen molar-refractivity contribution >= 4 is 5.97 Å². The molecular formula is C11H16N2O2. The molecule has 1 atom stereocenters. The third kappa shape index (κ3) is 1.89. The summed E-state index contributed by atoms with van der Waals surface area (Å²) in [6.07, 6.45) is 5.26. The number of fused-ring (bicyclic) bond motifs is 1. The Hall–Kier alpha value is -1.32. The fourth-order valence-electron chi connectivity index (χ4n) is 2.16. The van der Waals surface area contributed by atoms with E-state index in [0.717, 1.165) is 37.3 Å². The van der Waals surface area contributed by atoms with E-state index in [1.807, 2.05) is 6.20 Å². The van der Waals surface area contributed by atoms with E-state index in [0.29, 0.717) is 6.42 Å². The van der Waals surface area contributed by atoms with Crippen LogP contribution in [0.4, 0.5) is 0 Å². The number of nitrogens with zero attached hydrogens (tertiary/aromatic N) is 2. The van der Waals surface area contributed by atoms with Gasteiger partial charge in [-0.15, -0.1) is 0 Å². The average molecular weight is 208 g/mol. The lowest BCUT2D eigenvalue weighted by atomic mass is 9.96. The van der Waals surface area contributed by atoms with Crippen molar-refractivity contribution in [2.45, 2.75) is 39.2 Å². The minimum Gasteiger partial charge on any atom is -0.481 e. The quantitative estimate of drug-likeness (QED) is 0.818. The van der Waals surface area contributed by atoms with Crippen molar-refractivity contribution in [3.63, 3.8) is 0 Å². The van der Waals surface area contributed by atoms with Crippen molar-refractivity contribution in [2.24, 2.45) is 5.92 Å². The number of rotatable bonds is 3. The second kappa shape index (κ2) is 4.04. The lowest BCUT2D eigenvalue weighted by molar-refractivity contribution is -0.142.